The van der Waals surface area contributed by atoms with Gasteiger partial charge in [-0.25, -0.2) is 4.79 Å². The fourth-order valence-corrected chi connectivity index (χ4v) is 4.61. The maximum absolute atomic E-state index is 14.0. The van der Waals surface area contributed by atoms with Crippen molar-refractivity contribution in [1.29, 1.82) is 0 Å². The van der Waals surface area contributed by atoms with Gasteiger partial charge in [0.15, 0.2) is 0 Å². The number of amides is 3. The van der Waals surface area contributed by atoms with Crippen LogP contribution in [-0.4, -0.2) is 58.8 Å². The molecule has 0 spiro atoms. The smallest absolute Gasteiger partial charge is 0.408 e. The van der Waals surface area contributed by atoms with Gasteiger partial charge in [-0.15, -0.1) is 0 Å². The number of carbonyl (C=O) groups is 3. The Hall–Kier alpha value is -2.61. The predicted molar refractivity (Wildman–Crippen MR) is 140 cm³/mol. The molecule has 1 aliphatic rings. The third-order valence-corrected chi connectivity index (χ3v) is 6.64. The van der Waals surface area contributed by atoms with Crippen molar-refractivity contribution in [3.05, 3.63) is 35.4 Å². The van der Waals surface area contributed by atoms with Crippen molar-refractivity contribution >= 4 is 17.9 Å². The van der Waals surface area contributed by atoms with Crippen LogP contribution in [-0.2, 0) is 14.3 Å². The zero-order chi connectivity index (χ0) is 26.9. The van der Waals surface area contributed by atoms with Crippen LogP contribution in [0, 0.1) is 12.8 Å². The summed E-state index contributed by atoms with van der Waals surface area (Å²) >= 11 is 0. The lowest BCUT2D eigenvalue weighted by Crippen LogP contribution is -2.56. The van der Waals surface area contributed by atoms with Crippen LogP contribution in [0.5, 0.6) is 0 Å². The summed E-state index contributed by atoms with van der Waals surface area (Å²) in [5.74, 6) is -0.908. The summed E-state index contributed by atoms with van der Waals surface area (Å²) in [6, 6.07) is 5.74. The predicted octanol–water partition coefficient (Wildman–Crippen LogP) is 4.25. The molecular weight excluding hydrogens is 458 g/mol. The van der Waals surface area contributed by atoms with E-state index >= 15 is 0 Å². The van der Waals surface area contributed by atoms with Crippen LogP contribution in [0.4, 0.5) is 4.79 Å². The van der Waals surface area contributed by atoms with E-state index in [9.17, 15) is 19.5 Å². The zero-order valence-corrected chi connectivity index (χ0v) is 22.8. The van der Waals surface area contributed by atoms with E-state index in [0.717, 1.165) is 37.7 Å². The second-order valence-electron chi connectivity index (χ2n) is 10.9. The van der Waals surface area contributed by atoms with Gasteiger partial charge in [0, 0.05) is 12.6 Å². The molecule has 0 bridgehead atoms. The van der Waals surface area contributed by atoms with Gasteiger partial charge in [0.25, 0.3) is 0 Å². The molecule has 0 saturated heterocycles. The van der Waals surface area contributed by atoms with Crippen LogP contribution in [0.3, 0.4) is 0 Å². The van der Waals surface area contributed by atoms with E-state index in [4.69, 9.17) is 4.74 Å². The number of hydrogen-bond donors (Lipinski definition) is 3. The highest BCUT2D eigenvalue weighted by Gasteiger charge is 2.38. The van der Waals surface area contributed by atoms with Crippen LogP contribution >= 0.6 is 0 Å². The summed E-state index contributed by atoms with van der Waals surface area (Å²) in [6.07, 6.45) is 5.05. The molecular formula is C28H45N3O5. The van der Waals surface area contributed by atoms with Crippen molar-refractivity contribution < 1.29 is 24.2 Å². The fraction of sp³-hybridized carbons (Fsp3) is 0.679. The number of nitrogens with one attached hydrogen (secondary N) is 2. The van der Waals surface area contributed by atoms with Gasteiger partial charge in [-0.3, -0.25) is 9.59 Å². The van der Waals surface area contributed by atoms with Crippen LogP contribution in [0.1, 0.15) is 90.3 Å². The Bertz CT molecular complexity index is 876. The number of aryl methyl sites for hydroxylation is 1. The first-order valence-electron chi connectivity index (χ1n) is 13.2. The van der Waals surface area contributed by atoms with Gasteiger partial charge in [0.1, 0.15) is 17.7 Å². The van der Waals surface area contributed by atoms with E-state index in [-0.39, 0.29) is 31.0 Å². The minimum atomic E-state index is -0.932. The lowest BCUT2D eigenvalue weighted by atomic mass is 9.93. The molecule has 1 aliphatic carbocycles. The standard InChI is InChI=1S/C28H45N3O5/c1-7-20(3)23(30-27(35)36-28(4,5)6)26(34)31(16-17-32)24(21-13-11-12-19(2)18-21)25(33)29-22-14-9-8-10-15-22/h11-13,18,20,22-24,32H,7-10,14-17H2,1-6H3,(H,29,33)(H,30,35). The maximum Gasteiger partial charge on any atom is 0.408 e. The van der Waals surface area contributed by atoms with Crippen molar-refractivity contribution in [2.75, 3.05) is 13.2 Å². The number of benzene rings is 1. The van der Waals surface area contributed by atoms with E-state index in [2.05, 4.69) is 10.6 Å². The fourth-order valence-electron chi connectivity index (χ4n) is 4.61. The number of carbonyl (C=O) groups excluding carboxylic acids is 3. The second-order valence-corrected chi connectivity index (χ2v) is 10.9. The molecule has 3 N–H and O–H groups in total. The average molecular weight is 504 g/mol. The summed E-state index contributed by atoms with van der Waals surface area (Å²) in [5.41, 5.74) is 0.914. The van der Waals surface area contributed by atoms with Gasteiger partial charge < -0.3 is 25.4 Å². The molecule has 0 aromatic heterocycles. The average Bonchev–Trinajstić information content (AvgIpc) is 2.81. The molecule has 202 valence electrons. The minimum absolute atomic E-state index is 0.0432. The summed E-state index contributed by atoms with van der Waals surface area (Å²) in [5, 5.41) is 15.8. The monoisotopic (exact) mass is 503 g/mol. The van der Waals surface area contributed by atoms with Gasteiger partial charge in [-0.1, -0.05) is 69.4 Å². The topological polar surface area (TPSA) is 108 Å². The Morgan fingerprint density at radius 3 is 2.39 bits per heavy atom. The molecule has 2 rings (SSSR count). The number of aliphatic hydroxyl groups is 1. The largest absolute Gasteiger partial charge is 0.444 e. The van der Waals surface area contributed by atoms with E-state index in [1.807, 2.05) is 45.0 Å². The molecule has 8 heteroatoms. The Morgan fingerprint density at radius 1 is 1.17 bits per heavy atom. The molecule has 36 heavy (non-hydrogen) atoms. The number of nitrogens with zero attached hydrogens (tertiary/aromatic N) is 1. The van der Waals surface area contributed by atoms with Crippen LogP contribution in [0.15, 0.2) is 24.3 Å². The molecule has 1 fully saturated rings. The Balaban J connectivity index is 2.43. The van der Waals surface area contributed by atoms with E-state index in [1.54, 1.807) is 20.8 Å². The SMILES string of the molecule is CCC(C)C(NC(=O)OC(C)(C)C)C(=O)N(CCO)C(C(=O)NC1CCCCC1)c1cccc(C)c1. The van der Waals surface area contributed by atoms with Crippen molar-refractivity contribution in [3.63, 3.8) is 0 Å². The minimum Gasteiger partial charge on any atom is -0.444 e. The third-order valence-electron chi connectivity index (χ3n) is 6.64. The van der Waals surface area contributed by atoms with Crippen molar-refractivity contribution in [2.45, 2.75) is 104 Å². The van der Waals surface area contributed by atoms with Crippen LogP contribution in [0.2, 0.25) is 0 Å². The van der Waals surface area contributed by atoms with Gasteiger partial charge in [0.05, 0.1) is 6.61 Å². The van der Waals surface area contributed by atoms with Gasteiger partial charge >= 0.3 is 6.09 Å². The highest BCUT2D eigenvalue weighted by Crippen LogP contribution is 2.26. The molecule has 0 radical (unpaired) electrons. The number of alkyl carbamates (subject to hydrolysis) is 1. The van der Waals surface area contributed by atoms with Crippen molar-refractivity contribution in [3.8, 4) is 0 Å². The van der Waals surface area contributed by atoms with Gasteiger partial charge in [-0.05, 0) is 52.0 Å². The lowest BCUT2D eigenvalue weighted by Gasteiger charge is -2.36. The highest BCUT2D eigenvalue weighted by molar-refractivity contribution is 5.92. The first kappa shape index (κ1) is 29.6. The van der Waals surface area contributed by atoms with Crippen LogP contribution < -0.4 is 10.6 Å². The summed E-state index contributed by atoms with van der Waals surface area (Å²) in [4.78, 5) is 41.7. The Kier molecular flexibility index (Phi) is 11.2. The maximum atomic E-state index is 14.0. The molecule has 3 atom stereocenters. The molecule has 1 aromatic rings. The first-order valence-corrected chi connectivity index (χ1v) is 13.2. The zero-order valence-electron chi connectivity index (χ0n) is 22.8. The van der Waals surface area contributed by atoms with Crippen molar-refractivity contribution in [2.24, 2.45) is 5.92 Å². The highest BCUT2D eigenvalue weighted by atomic mass is 16.6. The lowest BCUT2D eigenvalue weighted by molar-refractivity contribution is -0.144. The number of rotatable bonds is 10. The van der Waals surface area contributed by atoms with E-state index in [0.29, 0.717) is 12.0 Å². The molecule has 3 unspecified atom stereocenters. The first-order chi connectivity index (χ1) is 17.0. The normalized spacial score (nSPS) is 17.0. The summed E-state index contributed by atoms with van der Waals surface area (Å²) in [7, 11) is 0. The second kappa shape index (κ2) is 13.6. The summed E-state index contributed by atoms with van der Waals surface area (Å²) < 4.78 is 5.41. The molecule has 0 heterocycles. The van der Waals surface area contributed by atoms with Gasteiger partial charge in [-0.2, -0.15) is 0 Å². The number of ether oxygens (including phenoxy) is 1. The third kappa shape index (κ3) is 8.80. The van der Waals surface area contributed by atoms with Crippen LogP contribution in [0.25, 0.3) is 0 Å². The molecule has 0 aliphatic heterocycles. The van der Waals surface area contributed by atoms with E-state index < -0.39 is 29.7 Å². The molecule has 3 amide bonds. The molecule has 8 nitrogen and oxygen atoms in total. The van der Waals surface area contributed by atoms with Crippen molar-refractivity contribution in [1.82, 2.24) is 15.5 Å². The quantitative estimate of drug-likeness (QED) is 0.443. The summed E-state index contributed by atoms with van der Waals surface area (Å²) in [6.45, 7) is 10.7. The van der Waals surface area contributed by atoms with Gasteiger partial charge in [0.2, 0.25) is 11.8 Å². The van der Waals surface area contributed by atoms with E-state index in [1.165, 1.54) is 4.90 Å². The Morgan fingerprint density at radius 2 is 1.83 bits per heavy atom. The molecule has 1 saturated carbocycles. The molecule has 1 aromatic carbocycles. The Labute approximate surface area is 216 Å². The number of hydrogen-bond acceptors (Lipinski definition) is 5. The number of aliphatic hydroxyl groups excluding tert-OH is 1.